The van der Waals surface area contributed by atoms with Gasteiger partial charge in [0.05, 0.1) is 60.5 Å². The number of benzene rings is 9. The lowest BCUT2D eigenvalue weighted by molar-refractivity contribution is 1.15. The standard InChI is InChI=1S/C54H35N3/c1-3-14-36(15-4-1)37-16-13-19-41(32-37)56-50-24-11-8-21-44(50)47-33-38(26-30-52(47)56)39-27-31-53-48(34-39)45-22-9-12-25-51(45)57(53)42-28-29-46-43-20-7-10-23-49(43)55(54(46)35-42)40-17-5-2-6-18-40/h1-35H/i7D,8D,9D,10D,11D,12D,20D,21D,22D,23D,24D,25D,26D,27D,28D,30D,31D,33D,34D,35D. The smallest absolute Gasteiger partial charge is 0.0667 e. The molecule has 0 radical (unpaired) electrons. The SMILES string of the molecule is [2H]c1cc2c3c([2H])c([2H])c([2H])c([2H])c3n(-c3ccccc3)c2c([2H])c1-n1c2c([2H])c([2H])c([2H])c([2H])c2c2c([2H])c(-c3c([2H])c([2H])c4c(c3[2H])c3c([2H])c([2H])c([2H])c([2H])c3n4-c3cccc(-c4ccccc4)c3)c([2H])c([2H])c21. The molecule has 0 N–H and O–H groups in total. The van der Waals surface area contributed by atoms with E-state index in [9.17, 15) is 16.4 Å². The van der Waals surface area contributed by atoms with Gasteiger partial charge in [-0.15, -0.1) is 0 Å². The van der Waals surface area contributed by atoms with Gasteiger partial charge in [0.2, 0.25) is 0 Å². The Bertz CT molecular complexity index is 4680. The highest BCUT2D eigenvalue weighted by molar-refractivity contribution is 6.14. The second-order valence-electron chi connectivity index (χ2n) is 13.4. The zero-order valence-corrected chi connectivity index (χ0v) is 29.5. The van der Waals surface area contributed by atoms with Crippen molar-refractivity contribution in [1.82, 2.24) is 13.7 Å². The maximum absolute atomic E-state index is 10.0. The highest BCUT2D eigenvalue weighted by atomic mass is 15.0. The average Bonchev–Trinajstić information content (AvgIpc) is 4.05. The molecule has 57 heavy (non-hydrogen) atoms. The molecule has 0 aliphatic carbocycles. The highest BCUT2D eigenvalue weighted by Crippen LogP contribution is 2.40. The lowest BCUT2D eigenvalue weighted by Crippen LogP contribution is -1.96. The molecule has 0 atom stereocenters. The van der Waals surface area contributed by atoms with Crippen LogP contribution in [0.15, 0.2) is 212 Å². The van der Waals surface area contributed by atoms with E-state index in [4.69, 9.17) is 11.0 Å². The molecule has 0 bridgehead atoms. The van der Waals surface area contributed by atoms with E-state index >= 15 is 0 Å². The largest absolute Gasteiger partial charge is 0.309 e. The Hall–Kier alpha value is -7.62. The fourth-order valence-corrected chi connectivity index (χ4v) is 7.74. The first kappa shape index (κ1) is 17.9. The summed E-state index contributed by atoms with van der Waals surface area (Å²) in [6.45, 7) is 0. The molecule has 9 aromatic carbocycles. The number of nitrogens with zero attached hydrogens (tertiary/aromatic N) is 3. The van der Waals surface area contributed by atoms with Crippen molar-refractivity contribution in [3.63, 3.8) is 0 Å². The Balaban J connectivity index is 1.23. The van der Waals surface area contributed by atoms with Crippen LogP contribution in [-0.4, -0.2) is 13.7 Å². The van der Waals surface area contributed by atoms with Gasteiger partial charge >= 0.3 is 0 Å². The van der Waals surface area contributed by atoms with Crippen molar-refractivity contribution in [3.8, 4) is 39.3 Å². The zero-order valence-electron chi connectivity index (χ0n) is 49.5. The molecule has 0 aliphatic rings. The van der Waals surface area contributed by atoms with Crippen molar-refractivity contribution in [2.75, 3.05) is 0 Å². The number of hydrogen-bond donors (Lipinski definition) is 0. The number of aromatic nitrogens is 3. The molecule has 0 spiro atoms. The average molecular weight is 746 g/mol. The van der Waals surface area contributed by atoms with Crippen LogP contribution in [0.3, 0.4) is 0 Å². The van der Waals surface area contributed by atoms with Crippen molar-refractivity contribution in [1.29, 1.82) is 0 Å². The van der Waals surface area contributed by atoms with Crippen molar-refractivity contribution in [2.24, 2.45) is 0 Å². The van der Waals surface area contributed by atoms with Gasteiger partial charge in [0.15, 0.2) is 0 Å². The number of fused-ring (bicyclic) bond motifs is 9. The minimum Gasteiger partial charge on any atom is -0.309 e. The van der Waals surface area contributed by atoms with Gasteiger partial charge in [-0.25, -0.2) is 0 Å². The van der Waals surface area contributed by atoms with Crippen LogP contribution in [0.25, 0.3) is 105 Å². The number of hydrogen-bond acceptors (Lipinski definition) is 0. The second kappa shape index (κ2) is 12.5. The van der Waals surface area contributed by atoms with Gasteiger partial charge in [0.25, 0.3) is 0 Å². The molecule has 0 aliphatic heterocycles. The fraction of sp³-hybridized carbons (Fsp3) is 0. The van der Waals surface area contributed by atoms with E-state index in [1.54, 1.807) is 48.5 Å². The summed E-state index contributed by atoms with van der Waals surface area (Å²) in [6.07, 6.45) is 0. The first-order chi connectivity index (χ1) is 36.6. The molecule has 3 heteroatoms. The van der Waals surface area contributed by atoms with Gasteiger partial charge in [0, 0.05) is 49.4 Å². The predicted octanol–water partition coefficient (Wildman–Crippen LogP) is 14.3. The summed E-state index contributed by atoms with van der Waals surface area (Å²) < 4.78 is 190. The Morgan fingerprint density at radius 1 is 0.281 bits per heavy atom. The van der Waals surface area contributed by atoms with Crippen LogP contribution in [0.4, 0.5) is 0 Å². The Morgan fingerprint density at radius 3 is 1.37 bits per heavy atom. The van der Waals surface area contributed by atoms with E-state index in [-0.39, 0.29) is 49.0 Å². The normalized spacial score (nSPS) is 16.8. The lowest BCUT2D eigenvalue weighted by Gasteiger charge is -2.12. The van der Waals surface area contributed by atoms with Gasteiger partial charge in [-0.05, 0) is 101 Å². The van der Waals surface area contributed by atoms with Crippen LogP contribution >= 0.6 is 0 Å². The van der Waals surface area contributed by atoms with Crippen LogP contribution < -0.4 is 0 Å². The van der Waals surface area contributed by atoms with Crippen LogP contribution in [-0.2, 0) is 0 Å². The molecular formula is C54H35N3. The molecule has 0 saturated heterocycles. The minimum atomic E-state index is -0.829. The van der Waals surface area contributed by atoms with Gasteiger partial charge in [0.1, 0.15) is 0 Å². The van der Waals surface area contributed by atoms with Gasteiger partial charge < -0.3 is 13.7 Å². The fourth-order valence-electron chi connectivity index (χ4n) is 7.74. The first-order valence-electron chi connectivity index (χ1n) is 28.0. The molecule has 266 valence electrons. The second-order valence-corrected chi connectivity index (χ2v) is 13.4. The number of rotatable bonds is 5. The highest BCUT2D eigenvalue weighted by Gasteiger charge is 2.18. The lowest BCUT2D eigenvalue weighted by atomic mass is 10.0. The maximum Gasteiger partial charge on any atom is 0.0667 e. The van der Waals surface area contributed by atoms with Crippen LogP contribution in [0.5, 0.6) is 0 Å². The summed E-state index contributed by atoms with van der Waals surface area (Å²) in [5, 5.41) is -1.17. The Labute approximate surface area is 357 Å². The summed E-state index contributed by atoms with van der Waals surface area (Å²) in [7, 11) is 0. The molecule has 12 rings (SSSR count). The number of para-hydroxylation sites is 4. The molecule has 0 saturated carbocycles. The van der Waals surface area contributed by atoms with E-state index < -0.39 is 154 Å². The van der Waals surface area contributed by atoms with Crippen molar-refractivity contribution in [3.05, 3.63) is 212 Å². The maximum atomic E-state index is 10.0. The van der Waals surface area contributed by atoms with Crippen LogP contribution in [0, 0.1) is 0 Å². The van der Waals surface area contributed by atoms with E-state index in [1.165, 1.54) is 15.2 Å². The third kappa shape index (κ3) is 4.86. The third-order valence-electron chi connectivity index (χ3n) is 10.2. The van der Waals surface area contributed by atoms with Crippen LogP contribution in [0.1, 0.15) is 27.4 Å². The van der Waals surface area contributed by atoms with E-state index in [1.807, 2.05) is 36.4 Å². The molecule has 0 unspecified atom stereocenters. The van der Waals surface area contributed by atoms with Gasteiger partial charge in [-0.3, -0.25) is 0 Å². The van der Waals surface area contributed by atoms with E-state index in [2.05, 4.69) is 0 Å². The molecule has 3 nitrogen and oxygen atoms in total. The first-order valence-corrected chi connectivity index (χ1v) is 18.0. The third-order valence-corrected chi connectivity index (χ3v) is 10.2. The summed E-state index contributed by atoms with van der Waals surface area (Å²) in [6, 6.07) is 13.1. The van der Waals surface area contributed by atoms with Gasteiger partial charge in [-0.1, -0.05) is 133 Å². The van der Waals surface area contributed by atoms with Gasteiger partial charge in [-0.2, -0.15) is 0 Å². The summed E-state index contributed by atoms with van der Waals surface area (Å²) in [4.78, 5) is 0. The summed E-state index contributed by atoms with van der Waals surface area (Å²) >= 11 is 0. The topological polar surface area (TPSA) is 14.8 Å². The minimum absolute atomic E-state index is 0.0113. The molecule has 3 aromatic heterocycles. The summed E-state index contributed by atoms with van der Waals surface area (Å²) in [5.41, 5.74) is -0.578. The van der Waals surface area contributed by atoms with Crippen molar-refractivity contribution < 1.29 is 27.4 Å². The van der Waals surface area contributed by atoms with Crippen molar-refractivity contribution in [2.45, 2.75) is 0 Å². The molecule has 12 aromatic rings. The molecular weight excluding hydrogens is 691 g/mol. The Kier molecular flexibility index (Phi) is 3.91. The van der Waals surface area contributed by atoms with E-state index in [0.717, 1.165) is 10.1 Å². The van der Waals surface area contributed by atoms with E-state index in [0.29, 0.717) is 16.9 Å². The molecule has 0 amide bonds. The molecule has 0 fully saturated rings. The van der Waals surface area contributed by atoms with Crippen LogP contribution in [0.2, 0.25) is 0 Å². The summed E-state index contributed by atoms with van der Waals surface area (Å²) in [5.74, 6) is 0. The quantitative estimate of drug-likeness (QED) is 0.167. The zero-order chi connectivity index (χ0) is 54.9. The molecule has 3 heterocycles. The predicted molar refractivity (Wildman–Crippen MR) is 240 cm³/mol. The van der Waals surface area contributed by atoms with Crippen molar-refractivity contribution >= 4 is 65.4 Å². The monoisotopic (exact) mass is 745 g/mol. The Morgan fingerprint density at radius 2 is 0.754 bits per heavy atom.